The molecule has 0 amide bonds. The number of aromatic nitrogens is 2. The van der Waals surface area contributed by atoms with Gasteiger partial charge in [0.25, 0.3) is 0 Å². The van der Waals surface area contributed by atoms with Crippen molar-refractivity contribution in [2.45, 2.75) is 19.9 Å². The molecule has 0 saturated heterocycles. The van der Waals surface area contributed by atoms with Crippen LogP contribution < -0.4 is 5.32 Å². The third kappa shape index (κ3) is 2.96. The fourth-order valence-electron chi connectivity index (χ4n) is 2.09. The van der Waals surface area contributed by atoms with E-state index >= 15 is 0 Å². The first-order chi connectivity index (χ1) is 9.01. The molecule has 0 radical (unpaired) electrons. The van der Waals surface area contributed by atoms with Gasteiger partial charge in [0.15, 0.2) is 0 Å². The molecule has 19 heavy (non-hydrogen) atoms. The minimum absolute atomic E-state index is 0.0927. The fourth-order valence-corrected chi connectivity index (χ4v) is 2.45. The van der Waals surface area contributed by atoms with Gasteiger partial charge in [0.1, 0.15) is 6.07 Å². The van der Waals surface area contributed by atoms with E-state index in [4.69, 9.17) is 5.26 Å². The van der Waals surface area contributed by atoms with Crippen LogP contribution in [0.5, 0.6) is 0 Å². The molecule has 1 N–H and O–H groups in total. The quantitative estimate of drug-likeness (QED) is 0.941. The normalized spacial score (nSPS) is 11.9. The van der Waals surface area contributed by atoms with Crippen molar-refractivity contribution in [3.63, 3.8) is 0 Å². The Bertz CT molecular complexity index is 639. The molecule has 1 heterocycles. The first-order valence-electron chi connectivity index (χ1n) is 5.97. The predicted octanol–water partition coefficient (Wildman–Crippen LogP) is 3.54. The molecule has 0 aliphatic heterocycles. The van der Waals surface area contributed by atoms with Crippen LogP contribution in [0.1, 0.15) is 29.8 Å². The number of nitrogens with one attached hydrogen (secondary N) is 1. The molecule has 0 aliphatic carbocycles. The highest BCUT2D eigenvalue weighted by Crippen LogP contribution is 2.26. The van der Waals surface area contributed by atoms with Gasteiger partial charge in [-0.25, -0.2) is 0 Å². The van der Waals surface area contributed by atoms with Crippen LogP contribution in [0, 0.1) is 18.3 Å². The molecule has 1 aromatic heterocycles. The zero-order valence-corrected chi connectivity index (χ0v) is 12.7. The van der Waals surface area contributed by atoms with E-state index in [1.165, 1.54) is 0 Å². The Morgan fingerprint density at radius 1 is 1.47 bits per heavy atom. The maximum absolute atomic E-state index is 9.13. The number of hydrogen-bond acceptors (Lipinski definition) is 3. The van der Waals surface area contributed by atoms with Gasteiger partial charge in [-0.05, 0) is 32.0 Å². The lowest BCUT2D eigenvalue weighted by Gasteiger charge is -2.16. The van der Waals surface area contributed by atoms with Crippen molar-refractivity contribution in [2.75, 3.05) is 5.32 Å². The van der Waals surface area contributed by atoms with E-state index in [9.17, 15) is 0 Å². The molecular weight excluding hydrogens is 304 g/mol. The van der Waals surface area contributed by atoms with Crippen molar-refractivity contribution >= 4 is 21.6 Å². The molecule has 1 atom stereocenters. The Hall–Kier alpha value is -1.80. The van der Waals surface area contributed by atoms with Gasteiger partial charge in [-0.15, -0.1) is 0 Å². The summed E-state index contributed by atoms with van der Waals surface area (Å²) in [6.45, 7) is 4.05. The second kappa shape index (κ2) is 5.45. The molecule has 2 aromatic rings. The van der Waals surface area contributed by atoms with Gasteiger partial charge in [0, 0.05) is 23.3 Å². The molecule has 2 rings (SSSR count). The maximum atomic E-state index is 9.13. The Morgan fingerprint density at radius 3 is 2.79 bits per heavy atom. The van der Waals surface area contributed by atoms with Crippen LogP contribution in [-0.4, -0.2) is 9.78 Å². The number of anilines is 1. The van der Waals surface area contributed by atoms with Gasteiger partial charge in [-0.1, -0.05) is 15.9 Å². The number of nitrogens with zero attached hydrogens (tertiary/aromatic N) is 3. The molecular formula is C14H15BrN4. The van der Waals surface area contributed by atoms with E-state index in [0.717, 1.165) is 21.4 Å². The van der Waals surface area contributed by atoms with Crippen LogP contribution >= 0.6 is 15.9 Å². The Kier molecular flexibility index (Phi) is 3.91. The van der Waals surface area contributed by atoms with E-state index in [-0.39, 0.29) is 6.04 Å². The summed E-state index contributed by atoms with van der Waals surface area (Å²) < 4.78 is 2.75. The van der Waals surface area contributed by atoms with Gasteiger partial charge < -0.3 is 5.32 Å². The summed E-state index contributed by atoms with van der Waals surface area (Å²) in [6.07, 6.45) is 2.00. The summed E-state index contributed by atoms with van der Waals surface area (Å²) in [5.74, 6) is 0. The molecule has 0 fully saturated rings. The summed E-state index contributed by atoms with van der Waals surface area (Å²) in [4.78, 5) is 0. The molecule has 1 aromatic carbocycles. The first kappa shape index (κ1) is 13.6. The fraction of sp³-hybridized carbons (Fsp3) is 0.286. The lowest BCUT2D eigenvalue weighted by molar-refractivity contribution is 0.756. The Labute approximate surface area is 121 Å². The van der Waals surface area contributed by atoms with E-state index in [0.29, 0.717) is 5.56 Å². The van der Waals surface area contributed by atoms with E-state index in [1.807, 2.05) is 32.3 Å². The summed E-state index contributed by atoms with van der Waals surface area (Å²) in [7, 11) is 1.91. The topological polar surface area (TPSA) is 53.6 Å². The molecule has 0 spiro atoms. The average Bonchev–Trinajstić information content (AvgIpc) is 2.69. The summed E-state index contributed by atoms with van der Waals surface area (Å²) in [5, 5.41) is 16.8. The molecule has 98 valence electrons. The average molecular weight is 319 g/mol. The second-order valence-corrected chi connectivity index (χ2v) is 5.43. The zero-order chi connectivity index (χ0) is 14.0. The lowest BCUT2D eigenvalue weighted by Crippen LogP contribution is -2.08. The number of rotatable bonds is 3. The largest absolute Gasteiger partial charge is 0.377 e. The highest BCUT2D eigenvalue weighted by atomic mass is 79.9. The monoisotopic (exact) mass is 318 g/mol. The van der Waals surface area contributed by atoms with Crippen LogP contribution in [0.4, 0.5) is 5.69 Å². The van der Waals surface area contributed by atoms with Crippen molar-refractivity contribution in [1.82, 2.24) is 9.78 Å². The van der Waals surface area contributed by atoms with Crippen molar-refractivity contribution in [3.8, 4) is 6.07 Å². The summed E-state index contributed by atoms with van der Waals surface area (Å²) in [5.41, 5.74) is 3.59. The molecule has 1 unspecified atom stereocenters. The van der Waals surface area contributed by atoms with Gasteiger partial charge in [-0.2, -0.15) is 10.4 Å². The van der Waals surface area contributed by atoms with E-state index < -0.39 is 0 Å². The smallest absolute Gasteiger partial charge is 0.101 e. The summed E-state index contributed by atoms with van der Waals surface area (Å²) in [6, 6.07) is 7.87. The second-order valence-electron chi connectivity index (χ2n) is 4.51. The van der Waals surface area contributed by atoms with Gasteiger partial charge >= 0.3 is 0 Å². The van der Waals surface area contributed by atoms with Crippen LogP contribution in [0.15, 0.2) is 28.9 Å². The van der Waals surface area contributed by atoms with Gasteiger partial charge in [0.05, 0.1) is 23.0 Å². The van der Waals surface area contributed by atoms with Crippen LogP contribution in [0.3, 0.4) is 0 Å². The van der Waals surface area contributed by atoms with Gasteiger partial charge in [0.2, 0.25) is 0 Å². The van der Waals surface area contributed by atoms with Crippen molar-refractivity contribution < 1.29 is 0 Å². The minimum atomic E-state index is 0.0927. The standard InChI is InChI=1S/C14H15BrN4/c1-9(13-8-19(3)18-10(13)2)17-14-6-12(15)5-4-11(14)7-16/h4-6,8-9,17H,1-3H3. The predicted molar refractivity (Wildman–Crippen MR) is 78.8 cm³/mol. The molecule has 0 bridgehead atoms. The van der Waals surface area contributed by atoms with Crippen LogP contribution in [0.2, 0.25) is 0 Å². The number of benzene rings is 1. The van der Waals surface area contributed by atoms with Crippen LogP contribution in [-0.2, 0) is 7.05 Å². The zero-order valence-electron chi connectivity index (χ0n) is 11.1. The number of hydrogen-bond donors (Lipinski definition) is 1. The Morgan fingerprint density at radius 2 is 2.21 bits per heavy atom. The van der Waals surface area contributed by atoms with Gasteiger partial charge in [-0.3, -0.25) is 4.68 Å². The number of aryl methyl sites for hydroxylation is 2. The molecule has 0 aliphatic rings. The third-order valence-corrected chi connectivity index (χ3v) is 3.49. The molecule has 4 nitrogen and oxygen atoms in total. The maximum Gasteiger partial charge on any atom is 0.101 e. The van der Waals surface area contributed by atoms with Crippen LogP contribution in [0.25, 0.3) is 0 Å². The SMILES string of the molecule is Cc1nn(C)cc1C(C)Nc1cc(Br)ccc1C#N. The number of nitriles is 1. The molecule has 5 heteroatoms. The van der Waals surface area contributed by atoms with Crippen molar-refractivity contribution in [3.05, 3.63) is 45.7 Å². The van der Waals surface area contributed by atoms with E-state index in [2.05, 4.69) is 39.3 Å². The highest BCUT2D eigenvalue weighted by molar-refractivity contribution is 9.10. The van der Waals surface area contributed by atoms with E-state index in [1.54, 1.807) is 10.7 Å². The minimum Gasteiger partial charge on any atom is -0.377 e. The van der Waals surface area contributed by atoms with Crippen molar-refractivity contribution in [1.29, 1.82) is 5.26 Å². The first-order valence-corrected chi connectivity index (χ1v) is 6.77. The summed E-state index contributed by atoms with van der Waals surface area (Å²) >= 11 is 3.42. The third-order valence-electron chi connectivity index (χ3n) is 2.99. The van der Waals surface area contributed by atoms with Crippen molar-refractivity contribution in [2.24, 2.45) is 7.05 Å². The lowest BCUT2D eigenvalue weighted by atomic mass is 10.1. The highest BCUT2D eigenvalue weighted by Gasteiger charge is 2.13. The Balaban J connectivity index is 2.29. The number of halogens is 1. The molecule has 0 saturated carbocycles.